The van der Waals surface area contributed by atoms with Gasteiger partial charge < -0.3 is 9.47 Å². The summed E-state index contributed by atoms with van der Waals surface area (Å²) >= 11 is 0. The van der Waals surface area contributed by atoms with Crippen LogP contribution in [-0.2, 0) is 33.9 Å². The lowest BCUT2D eigenvalue weighted by Gasteiger charge is -2.30. The Hall–Kier alpha value is -2.51. The minimum atomic E-state index is -0.762. The lowest BCUT2D eigenvalue weighted by atomic mass is 9.85. The number of likely N-dealkylation sites (tertiary alicyclic amines) is 1. The Morgan fingerprint density at radius 3 is 2.42 bits per heavy atom. The molecule has 31 heavy (non-hydrogen) atoms. The number of aryl methyl sites for hydroxylation is 1. The van der Waals surface area contributed by atoms with Crippen molar-refractivity contribution in [3.63, 3.8) is 0 Å². The van der Waals surface area contributed by atoms with Gasteiger partial charge in [0.2, 0.25) is 17.7 Å². The molecule has 8 heteroatoms. The van der Waals surface area contributed by atoms with Crippen LogP contribution in [0.1, 0.15) is 64.0 Å². The first-order chi connectivity index (χ1) is 14.9. The van der Waals surface area contributed by atoms with Gasteiger partial charge in [0, 0.05) is 20.0 Å². The van der Waals surface area contributed by atoms with Crippen molar-refractivity contribution in [3.8, 4) is 0 Å². The number of aromatic nitrogens is 3. The van der Waals surface area contributed by atoms with Crippen molar-refractivity contribution in [1.82, 2.24) is 24.6 Å². The first kappa shape index (κ1) is 21.7. The summed E-state index contributed by atoms with van der Waals surface area (Å²) in [6, 6.07) is -0.762. The fourth-order valence-corrected chi connectivity index (χ4v) is 5.10. The number of allylic oxidation sites excluding steroid dienone is 2. The number of hydrogen-bond donors (Lipinski definition) is 0. The molecule has 3 amide bonds. The summed E-state index contributed by atoms with van der Waals surface area (Å²) in [6.07, 6.45) is 9.84. The van der Waals surface area contributed by atoms with Crippen molar-refractivity contribution in [1.29, 1.82) is 0 Å². The number of fused-ring (bicyclic) bond motifs is 2. The first-order valence-corrected chi connectivity index (χ1v) is 11.6. The number of rotatable bonds is 6. The second-order valence-corrected chi connectivity index (χ2v) is 9.54. The van der Waals surface area contributed by atoms with E-state index in [0.29, 0.717) is 25.8 Å². The molecule has 0 aromatic carbocycles. The Labute approximate surface area is 183 Å². The van der Waals surface area contributed by atoms with Gasteiger partial charge in [-0.3, -0.25) is 19.3 Å². The van der Waals surface area contributed by atoms with E-state index in [9.17, 15) is 14.4 Å². The van der Waals surface area contributed by atoms with Gasteiger partial charge in [-0.15, -0.1) is 10.2 Å². The lowest BCUT2D eigenvalue weighted by molar-refractivity contribution is -0.152. The summed E-state index contributed by atoms with van der Waals surface area (Å²) in [5.74, 6) is 0.698. The molecule has 0 saturated carbocycles. The van der Waals surface area contributed by atoms with E-state index in [4.69, 9.17) is 0 Å². The third kappa shape index (κ3) is 4.16. The van der Waals surface area contributed by atoms with Crippen LogP contribution in [0.3, 0.4) is 0 Å². The molecule has 4 rings (SSSR count). The van der Waals surface area contributed by atoms with Crippen LogP contribution in [0.25, 0.3) is 0 Å². The van der Waals surface area contributed by atoms with Crippen LogP contribution >= 0.6 is 0 Å². The van der Waals surface area contributed by atoms with E-state index in [1.54, 1.807) is 11.9 Å². The highest BCUT2D eigenvalue weighted by molar-refractivity contribution is 6.08. The van der Waals surface area contributed by atoms with Crippen LogP contribution in [0.5, 0.6) is 0 Å². The maximum absolute atomic E-state index is 13.5. The minimum Gasteiger partial charge on any atom is -0.336 e. The molecule has 1 saturated heterocycles. The van der Waals surface area contributed by atoms with Crippen LogP contribution in [0, 0.1) is 17.8 Å². The summed E-state index contributed by atoms with van der Waals surface area (Å²) in [5, 5.41) is 8.65. The van der Waals surface area contributed by atoms with E-state index in [2.05, 4.69) is 14.8 Å². The fraction of sp³-hybridized carbons (Fsp3) is 0.696. The van der Waals surface area contributed by atoms with E-state index in [1.807, 2.05) is 26.0 Å². The molecule has 2 aliphatic heterocycles. The molecule has 168 valence electrons. The summed E-state index contributed by atoms with van der Waals surface area (Å²) < 4.78 is 2.13. The second kappa shape index (κ2) is 8.93. The van der Waals surface area contributed by atoms with Crippen molar-refractivity contribution in [2.24, 2.45) is 17.8 Å². The quantitative estimate of drug-likeness (QED) is 0.514. The zero-order valence-corrected chi connectivity index (χ0v) is 18.8. The van der Waals surface area contributed by atoms with E-state index in [1.165, 1.54) is 11.3 Å². The summed E-state index contributed by atoms with van der Waals surface area (Å²) in [4.78, 5) is 42.7. The minimum absolute atomic E-state index is 0.174. The first-order valence-electron chi connectivity index (χ1n) is 11.6. The number of carbonyl (C=O) groups excluding carboxylic acids is 3. The van der Waals surface area contributed by atoms with Gasteiger partial charge in [-0.05, 0) is 38.0 Å². The number of imide groups is 1. The Bertz CT molecular complexity index is 864. The molecule has 1 aromatic rings. The summed E-state index contributed by atoms with van der Waals surface area (Å²) in [7, 11) is 1.73. The highest BCUT2D eigenvalue weighted by atomic mass is 16.2. The molecular weight excluding hydrogens is 394 g/mol. The van der Waals surface area contributed by atoms with Gasteiger partial charge in [0.15, 0.2) is 5.82 Å². The molecule has 3 atom stereocenters. The topological polar surface area (TPSA) is 88.4 Å². The van der Waals surface area contributed by atoms with Crippen LogP contribution in [-0.4, -0.2) is 55.4 Å². The smallest absolute Gasteiger partial charge is 0.246 e. The van der Waals surface area contributed by atoms with E-state index in [0.717, 1.165) is 37.5 Å². The van der Waals surface area contributed by atoms with Gasteiger partial charge in [-0.25, -0.2) is 0 Å². The predicted octanol–water partition coefficient (Wildman–Crippen LogP) is 2.33. The van der Waals surface area contributed by atoms with Gasteiger partial charge in [0.1, 0.15) is 11.9 Å². The van der Waals surface area contributed by atoms with Gasteiger partial charge in [-0.2, -0.15) is 0 Å². The van der Waals surface area contributed by atoms with Crippen LogP contribution < -0.4 is 0 Å². The highest BCUT2D eigenvalue weighted by Crippen LogP contribution is 2.37. The maximum Gasteiger partial charge on any atom is 0.246 e. The van der Waals surface area contributed by atoms with Gasteiger partial charge in [0.25, 0.3) is 0 Å². The standard InChI is InChI=1S/C23H33N5O3/c1-15(2)13-18(28-21(29)16-9-6-7-10-17(16)22(28)30)23(31)26(3)14-20-25-24-19-11-5-4-8-12-27(19)20/h6-7,15-18H,4-5,8-14H2,1-3H3/t16-,17+,18-/m1/s1. The number of amides is 3. The molecule has 1 aromatic heterocycles. The van der Waals surface area contributed by atoms with Crippen LogP contribution in [0.4, 0.5) is 0 Å². The van der Waals surface area contributed by atoms with Crippen molar-refractivity contribution < 1.29 is 14.4 Å². The Morgan fingerprint density at radius 2 is 1.77 bits per heavy atom. The normalized spacial score (nSPS) is 24.2. The van der Waals surface area contributed by atoms with Crippen LogP contribution in [0.15, 0.2) is 12.2 Å². The Balaban J connectivity index is 1.54. The SMILES string of the molecule is CC(C)C[C@H](C(=O)N(C)Cc1nnc2n1CCCCC2)N1C(=O)[C@H]2CC=CC[C@H]2C1=O. The van der Waals surface area contributed by atoms with Crippen LogP contribution in [0.2, 0.25) is 0 Å². The van der Waals surface area contributed by atoms with E-state index >= 15 is 0 Å². The third-order valence-electron chi connectivity index (χ3n) is 6.77. The lowest BCUT2D eigenvalue weighted by Crippen LogP contribution is -2.51. The molecule has 3 aliphatic rings. The van der Waals surface area contributed by atoms with Gasteiger partial charge in [-0.1, -0.05) is 32.4 Å². The van der Waals surface area contributed by atoms with Crippen molar-refractivity contribution in [3.05, 3.63) is 23.8 Å². The van der Waals surface area contributed by atoms with E-state index in [-0.39, 0.29) is 35.5 Å². The molecule has 3 heterocycles. The second-order valence-electron chi connectivity index (χ2n) is 9.54. The molecule has 8 nitrogen and oxygen atoms in total. The Morgan fingerprint density at radius 1 is 1.10 bits per heavy atom. The molecule has 0 spiro atoms. The monoisotopic (exact) mass is 427 g/mol. The average molecular weight is 428 g/mol. The maximum atomic E-state index is 13.5. The van der Waals surface area contributed by atoms with Crippen molar-refractivity contribution >= 4 is 17.7 Å². The van der Waals surface area contributed by atoms with Crippen molar-refractivity contribution in [2.75, 3.05) is 7.05 Å². The molecule has 1 fully saturated rings. The molecule has 0 bridgehead atoms. The Kier molecular flexibility index (Phi) is 6.25. The summed E-state index contributed by atoms with van der Waals surface area (Å²) in [6.45, 7) is 5.22. The van der Waals surface area contributed by atoms with Gasteiger partial charge in [0.05, 0.1) is 18.4 Å². The number of hydrogen-bond acceptors (Lipinski definition) is 5. The zero-order chi connectivity index (χ0) is 22.1. The highest BCUT2D eigenvalue weighted by Gasteiger charge is 2.51. The fourth-order valence-electron chi connectivity index (χ4n) is 5.10. The molecular formula is C23H33N5O3. The van der Waals surface area contributed by atoms with Crippen molar-refractivity contribution in [2.45, 2.75) is 77.9 Å². The van der Waals surface area contributed by atoms with Gasteiger partial charge >= 0.3 is 0 Å². The average Bonchev–Trinajstić information content (AvgIpc) is 3.12. The third-order valence-corrected chi connectivity index (χ3v) is 6.77. The molecule has 0 radical (unpaired) electrons. The molecule has 1 aliphatic carbocycles. The molecule has 0 N–H and O–H groups in total. The number of nitrogens with zero attached hydrogens (tertiary/aromatic N) is 5. The zero-order valence-electron chi connectivity index (χ0n) is 18.8. The predicted molar refractivity (Wildman–Crippen MR) is 115 cm³/mol. The van der Waals surface area contributed by atoms with E-state index < -0.39 is 6.04 Å². The number of carbonyl (C=O) groups is 3. The number of likely N-dealkylation sites (N-methyl/N-ethyl adjacent to an activating group) is 1. The molecule has 0 unspecified atom stereocenters. The summed E-state index contributed by atoms with van der Waals surface area (Å²) in [5.41, 5.74) is 0. The largest absolute Gasteiger partial charge is 0.336 e.